The monoisotopic (exact) mass is 422 g/mol. The molecule has 2 N–H and O–H groups in total. The van der Waals surface area contributed by atoms with Crippen molar-refractivity contribution >= 4 is 43.8 Å². The van der Waals surface area contributed by atoms with Gasteiger partial charge in [-0.1, -0.05) is 42.9 Å². The third-order valence-corrected chi connectivity index (χ3v) is 6.72. The zero-order chi connectivity index (χ0) is 20.7. The quantitative estimate of drug-likeness (QED) is 0.464. The number of nitrogens with one attached hydrogen (secondary N) is 1. The van der Waals surface area contributed by atoms with Gasteiger partial charge in [-0.05, 0) is 48.2 Å². The Morgan fingerprint density at radius 3 is 2.93 bits per heavy atom. The van der Waals surface area contributed by atoms with Crippen LogP contribution in [0.1, 0.15) is 36.8 Å². The molecule has 30 heavy (non-hydrogen) atoms. The summed E-state index contributed by atoms with van der Waals surface area (Å²) in [5.74, 6) is -0.295. The van der Waals surface area contributed by atoms with Gasteiger partial charge in [0.15, 0.2) is 5.13 Å². The molecule has 0 aliphatic heterocycles. The number of rotatable bonds is 5. The third kappa shape index (κ3) is 3.59. The summed E-state index contributed by atoms with van der Waals surface area (Å²) in [4.78, 5) is 9.02. The number of aromatic nitrogens is 3. The first-order chi connectivity index (χ1) is 14.6. The second-order valence-electron chi connectivity index (χ2n) is 7.87. The molecule has 0 amide bonds. The maximum absolute atomic E-state index is 14.6. The van der Waals surface area contributed by atoms with Crippen molar-refractivity contribution in [1.82, 2.24) is 14.5 Å². The van der Waals surface area contributed by atoms with Gasteiger partial charge in [-0.3, -0.25) is 0 Å². The molecule has 1 saturated carbocycles. The molecule has 2 atom stereocenters. The van der Waals surface area contributed by atoms with E-state index >= 15 is 0 Å². The van der Waals surface area contributed by atoms with Crippen molar-refractivity contribution in [3.63, 3.8) is 0 Å². The van der Waals surface area contributed by atoms with Crippen molar-refractivity contribution in [2.75, 3.05) is 5.32 Å². The van der Waals surface area contributed by atoms with Crippen molar-refractivity contribution in [3.8, 4) is 0 Å². The smallest absolute Gasteiger partial charge is 0.184 e. The molecule has 0 radical (unpaired) electrons. The van der Waals surface area contributed by atoms with Crippen LogP contribution in [-0.4, -0.2) is 31.8 Å². The van der Waals surface area contributed by atoms with Crippen molar-refractivity contribution in [2.24, 2.45) is 0 Å². The van der Waals surface area contributed by atoms with Crippen LogP contribution < -0.4 is 5.32 Å². The SMILES string of the molecule is C=Cc1cc(F)c2c(c1)ncn2Cc1ccc2nc(NC3CCCCC3O)sc2c1. The number of aliphatic hydroxyl groups excluding tert-OH is 1. The zero-order valence-electron chi connectivity index (χ0n) is 16.5. The van der Waals surface area contributed by atoms with Crippen LogP contribution in [0.5, 0.6) is 0 Å². The highest BCUT2D eigenvalue weighted by Gasteiger charge is 2.23. The van der Waals surface area contributed by atoms with E-state index in [-0.39, 0.29) is 18.0 Å². The molecule has 0 saturated heterocycles. The lowest BCUT2D eigenvalue weighted by molar-refractivity contribution is 0.116. The Labute approximate surface area is 177 Å². The minimum atomic E-state index is -0.313. The molecule has 1 aliphatic rings. The van der Waals surface area contributed by atoms with Crippen LogP contribution in [0.25, 0.3) is 27.3 Å². The van der Waals surface area contributed by atoms with E-state index < -0.39 is 0 Å². The summed E-state index contributed by atoms with van der Waals surface area (Å²) in [6, 6.07) is 9.50. The Kier molecular flexibility index (Phi) is 5.00. The molecule has 4 aromatic rings. The number of hydrogen-bond donors (Lipinski definition) is 2. The zero-order valence-corrected chi connectivity index (χ0v) is 17.3. The molecule has 5 nitrogen and oxygen atoms in total. The van der Waals surface area contributed by atoms with Crippen LogP contribution in [0.2, 0.25) is 0 Å². The van der Waals surface area contributed by atoms with E-state index in [1.165, 1.54) is 6.07 Å². The van der Waals surface area contributed by atoms with Crippen LogP contribution in [-0.2, 0) is 6.54 Å². The lowest BCUT2D eigenvalue weighted by Gasteiger charge is -2.27. The molecule has 5 rings (SSSR count). The Morgan fingerprint density at radius 1 is 1.23 bits per heavy atom. The minimum absolute atomic E-state index is 0.0690. The Balaban J connectivity index is 1.40. The number of anilines is 1. The highest BCUT2D eigenvalue weighted by Crippen LogP contribution is 2.30. The number of halogens is 1. The number of imidazole rings is 1. The van der Waals surface area contributed by atoms with Crippen LogP contribution in [0.4, 0.5) is 9.52 Å². The molecule has 2 aromatic carbocycles. The van der Waals surface area contributed by atoms with Crippen LogP contribution in [0, 0.1) is 5.82 Å². The highest BCUT2D eigenvalue weighted by atomic mass is 32.1. The molecular weight excluding hydrogens is 399 g/mol. The van der Waals surface area contributed by atoms with Gasteiger partial charge >= 0.3 is 0 Å². The summed E-state index contributed by atoms with van der Waals surface area (Å²) in [5, 5.41) is 14.5. The minimum Gasteiger partial charge on any atom is -0.391 e. The molecule has 0 spiro atoms. The lowest BCUT2D eigenvalue weighted by Crippen LogP contribution is -2.36. The van der Waals surface area contributed by atoms with Gasteiger partial charge in [-0.15, -0.1) is 0 Å². The first-order valence-electron chi connectivity index (χ1n) is 10.2. The van der Waals surface area contributed by atoms with Gasteiger partial charge < -0.3 is 15.0 Å². The normalized spacial score (nSPS) is 19.4. The van der Waals surface area contributed by atoms with E-state index in [0.717, 1.165) is 52.2 Å². The second kappa shape index (κ2) is 7.81. The summed E-state index contributed by atoms with van der Waals surface area (Å²) in [6.45, 7) is 4.23. The summed E-state index contributed by atoms with van der Waals surface area (Å²) in [6.07, 6.45) is 7.01. The molecule has 2 unspecified atom stereocenters. The van der Waals surface area contributed by atoms with E-state index in [1.807, 2.05) is 22.8 Å². The van der Waals surface area contributed by atoms with Gasteiger partial charge in [0.2, 0.25) is 0 Å². The fourth-order valence-electron chi connectivity index (χ4n) is 4.18. The van der Waals surface area contributed by atoms with E-state index in [1.54, 1.807) is 23.7 Å². The van der Waals surface area contributed by atoms with Gasteiger partial charge in [-0.2, -0.15) is 0 Å². The largest absolute Gasteiger partial charge is 0.391 e. The van der Waals surface area contributed by atoms with Crippen LogP contribution in [0.15, 0.2) is 43.2 Å². The van der Waals surface area contributed by atoms with E-state index in [4.69, 9.17) is 0 Å². The number of hydrogen-bond acceptors (Lipinski definition) is 5. The first-order valence-corrected chi connectivity index (χ1v) is 11.0. The molecule has 1 aliphatic carbocycles. The molecule has 154 valence electrons. The maximum Gasteiger partial charge on any atom is 0.184 e. The number of aliphatic hydroxyl groups is 1. The fourth-order valence-corrected chi connectivity index (χ4v) is 5.17. The summed E-state index contributed by atoms with van der Waals surface area (Å²) >= 11 is 1.59. The maximum atomic E-state index is 14.6. The van der Waals surface area contributed by atoms with Crippen molar-refractivity contribution < 1.29 is 9.50 Å². The fraction of sp³-hybridized carbons (Fsp3) is 0.304. The van der Waals surface area contributed by atoms with Crippen molar-refractivity contribution in [2.45, 2.75) is 44.4 Å². The molecule has 1 fully saturated rings. The van der Waals surface area contributed by atoms with Crippen LogP contribution >= 0.6 is 11.3 Å². The Bertz CT molecular complexity index is 1230. The van der Waals surface area contributed by atoms with Crippen molar-refractivity contribution in [3.05, 3.63) is 60.2 Å². The molecule has 2 aromatic heterocycles. The van der Waals surface area contributed by atoms with Gasteiger partial charge in [-0.25, -0.2) is 14.4 Å². The van der Waals surface area contributed by atoms with E-state index in [9.17, 15) is 9.50 Å². The van der Waals surface area contributed by atoms with Crippen LogP contribution in [0.3, 0.4) is 0 Å². The predicted octanol–water partition coefficient (Wildman–Crippen LogP) is 5.19. The number of thiazole rings is 1. The van der Waals surface area contributed by atoms with E-state index in [0.29, 0.717) is 17.6 Å². The number of nitrogens with zero attached hydrogens (tertiary/aromatic N) is 3. The lowest BCUT2D eigenvalue weighted by atomic mass is 9.93. The molecule has 0 bridgehead atoms. The van der Waals surface area contributed by atoms with Gasteiger partial charge in [0.25, 0.3) is 0 Å². The molecular formula is C23H23FN4OS. The number of fused-ring (bicyclic) bond motifs is 2. The second-order valence-corrected chi connectivity index (χ2v) is 8.90. The van der Waals surface area contributed by atoms with Gasteiger partial charge in [0.1, 0.15) is 11.3 Å². The molecule has 2 heterocycles. The standard InChI is InChI=1S/C23H23FN4OS/c1-2-14-9-16(24)22-19(10-14)25-13-28(22)12-15-7-8-18-21(11-15)30-23(27-18)26-17-5-3-4-6-20(17)29/h2,7-11,13,17,20,29H,1,3-6,12H2,(H,26,27). The first kappa shape index (κ1) is 19.2. The van der Waals surface area contributed by atoms with Gasteiger partial charge in [0, 0.05) is 6.54 Å². The molecule has 7 heteroatoms. The van der Waals surface area contributed by atoms with E-state index in [2.05, 4.69) is 27.9 Å². The van der Waals surface area contributed by atoms with Gasteiger partial charge in [0.05, 0.1) is 34.2 Å². The number of benzene rings is 2. The topological polar surface area (TPSA) is 63.0 Å². The average molecular weight is 423 g/mol. The summed E-state index contributed by atoms with van der Waals surface area (Å²) in [5.41, 5.74) is 3.83. The Morgan fingerprint density at radius 2 is 2.10 bits per heavy atom. The average Bonchev–Trinajstić information content (AvgIpc) is 3.33. The third-order valence-electron chi connectivity index (χ3n) is 5.77. The van der Waals surface area contributed by atoms with Crippen molar-refractivity contribution in [1.29, 1.82) is 0 Å². The highest BCUT2D eigenvalue weighted by molar-refractivity contribution is 7.22. The summed E-state index contributed by atoms with van der Waals surface area (Å²) < 4.78 is 17.5. The predicted molar refractivity (Wildman–Crippen MR) is 120 cm³/mol. The Hall–Kier alpha value is -2.77. The summed E-state index contributed by atoms with van der Waals surface area (Å²) in [7, 11) is 0.